The molecule has 4 rings (SSSR count). The molecule has 0 saturated heterocycles. The number of nitrogens with zero attached hydrogens (tertiary/aromatic N) is 3. The number of methoxy groups -OCH3 is 2. The van der Waals surface area contributed by atoms with E-state index in [-0.39, 0.29) is 35.4 Å². The number of fused-ring (bicyclic) bond motifs is 1. The van der Waals surface area contributed by atoms with Crippen molar-refractivity contribution >= 4 is 29.4 Å². The van der Waals surface area contributed by atoms with Crippen molar-refractivity contribution in [2.24, 2.45) is 7.05 Å². The minimum Gasteiger partial charge on any atom is -0.493 e. The molecule has 2 heterocycles. The Morgan fingerprint density at radius 1 is 1.17 bits per heavy atom. The molecule has 8 nitrogen and oxygen atoms in total. The van der Waals surface area contributed by atoms with Gasteiger partial charge >= 0.3 is 0 Å². The average Bonchev–Trinajstić information content (AvgIpc) is 3.16. The first-order valence-electron chi connectivity index (χ1n) is 11.9. The lowest BCUT2D eigenvalue weighted by Crippen LogP contribution is -2.44. The molecule has 0 unspecified atom stereocenters. The van der Waals surface area contributed by atoms with Crippen molar-refractivity contribution < 1.29 is 19.1 Å². The minimum atomic E-state index is -0.213. The summed E-state index contributed by atoms with van der Waals surface area (Å²) in [5.41, 5.74) is 3.58. The summed E-state index contributed by atoms with van der Waals surface area (Å²) in [5.74, 6) is 1.77. The monoisotopic (exact) mass is 508 g/mol. The summed E-state index contributed by atoms with van der Waals surface area (Å²) in [6, 6.07) is 15.7. The molecule has 1 aliphatic rings. The molecule has 2 atom stereocenters. The van der Waals surface area contributed by atoms with E-state index in [2.05, 4.69) is 5.32 Å². The minimum absolute atomic E-state index is 0.0272. The predicted molar refractivity (Wildman–Crippen MR) is 143 cm³/mol. The third-order valence-corrected chi connectivity index (χ3v) is 7.58. The van der Waals surface area contributed by atoms with E-state index in [0.29, 0.717) is 17.3 Å². The highest BCUT2D eigenvalue weighted by Crippen LogP contribution is 2.48. The van der Waals surface area contributed by atoms with E-state index in [1.165, 1.54) is 11.8 Å². The predicted octanol–water partition coefficient (Wildman–Crippen LogP) is 4.19. The first kappa shape index (κ1) is 25.6. The zero-order chi connectivity index (χ0) is 25.8. The van der Waals surface area contributed by atoms with Crippen molar-refractivity contribution in [2.75, 3.05) is 31.4 Å². The molecular weight excluding hydrogens is 476 g/mol. The van der Waals surface area contributed by atoms with E-state index in [1.54, 1.807) is 23.8 Å². The number of aromatic nitrogens is 2. The fourth-order valence-electron chi connectivity index (χ4n) is 4.34. The maximum absolute atomic E-state index is 13.4. The van der Waals surface area contributed by atoms with Gasteiger partial charge in [0.15, 0.2) is 11.5 Å². The van der Waals surface area contributed by atoms with Crippen molar-refractivity contribution in [1.29, 1.82) is 0 Å². The van der Waals surface area contributed by atoms with E-state index in [0.717, 1.165) is 28.8 Å². The molecule has 2 amide bonds. The van der Waals surface area contributed by atoms with E-state index >= 15 is 0 Å². The molecule has 0 fully saturated rings. The molecule has 9 heteroatoms. The zero-order valence-electron chi connectivity index (χ0n) is 21.3. The summed E-state index contributed by atoms with van der Waals surface area (Å²) in [6.07, 6.45) is 0.812. The SMILES string of the molecule is CC[C@@H](C)NC(=O)CN1C(=O)CS[C@H](c2ccc(OC)c(OC)c2)c2c(-c3ccccc3)nn(C)c21. The zero-order valence-corrected chi connectivity index (χ0v) is 22.1. The van der Waals surface area contributed by atoms with Crippen LogP contribution in [0.1, 0.15) is 36.6 Å². The lowest BCUT2D eigenvalue weighted by molar-refractivity contribution is -0.123. The Hall–Kier alpha value is -3.46. The molecule has 2 aromatic carbocycles. The summed E-state index contributed by atoms with van der Waals surface area (Å²) in [5, 5.41) is 7.61. The van der Waals surface area contributed by atoms with Gasteiger partial charge in [0.05, 0.1) is 30.9 Å². The number of anilines is 1. The number of aryl methyl sites for hydroxylation is 1. The van der Waals surface area contributed by atoms with Gasteiger partial charge in [0.1, 0.15) is 12.4 Å². The number of carbonyl (C=O) groups excluding carboxylic acids is 2. The molecule has 3 aromatic rings. The largest absolute Gasteiger partial charge is 0.493 e. The van der Waals surface area contributed by atoms with Crippen LogP contribution < -0.4 is 19.7 Å². The first-order valence-corrected chi connectivity index (χ1v) is 13.0. The van der Waals surface area contributed by atoms with Crippen LogP contribution in [0.4, 0.5) is 5.82 Å². The molecular formula is C27H32N4O4S. The lowest BCUT2D eigenvalue weighted by atomic mass is 9.99. The van der Waals surface area contributed by atoms with E-state index in [4.69, 9.17) is 14.6 Å². The second kappa shape index (κ2) is 11.1. The van der Waals surface area contributed by atoms with Crippen LogP contribution >= 0.6 is 11.8 Å². The Kier molecular flexibility index (Phi) is 7.88. The van der Waals surface area contributed by atoms with Gasteiger partial charge in [0.25, 0.3) is 0 Å². The van der Waals surface area contributed by atoms with Gasteiger partial charge in [-0.15, -0.1) is 11.8 Å². The lowest BCUT2D eigenvalue weighted by Gasteiger charge is -2.23. The summed E-state index contributed by atoms with van der Waals surface area (Å²) < 4.78 is 12.7. The van der Waals surface area contributed by atoms with E-state index < -0.39 is 0 Å². The molecule has 0 radical (unpaired) electrons. The Balaban J connectivity index is 1.87. The van der Waals surface area contributed by atoms with Gasteiger partial charge in [-0.25, -0.2) is 0 Å². The van der Waals surface area contributed by atoms with Crippen molar-refractivity contribution in [3.05, 3.63) is 59.7 Å². The van der Waals surface area contributed by atoms with Gasteiger partial charge in [0.2, 0.25) is 11.8 Å². The molecule has 0 spiro atoms. The van der Waals surface area contributed by atoms with Crippen LogP contribution in [0.3, 0.4) is 0 Å². The fourth-order valence-corrected chi connectivity index (χ4v) is 5.53. The van der Waals surface area contributed by atoms with E-state index in [9.17, 15) is 9.59 Å². The highest BCUT2D eigenvalue weighted by molar-refractivity contribution is 8.00. The van der Waals surface area contributed by atoms with Crippen molar-refractivity contribution in [3.63, 3.8) is 0 Å². The number of carbonyl (C=O) groups is 2. The number of hydrogen-bond acceptors (Lipinski definition) is 6. The number of hydrogen-bond donors (Lipinski definition) is 1. The van der Waals surface area contributed by atoms with Crippen molar-refractivity contribution in [3.8, 4) is 22.8 Å². The van der Waals surface area contributed by atoms with Gasteiger partial charge in [-0.05, 0) is 31.0 Å². The number of benzene rings is 2. The van der Waals surface area contributed by atoms with Crippen molar-refractivity contribution in [1.82, 2.24) is 15.1 Å². The van der Waals surface area contributed by atoms with Gasteiger partial charge < -0.3 is 14.8 Å². The fraction of sp³-hybridized carbons (Fsp3) is 0.370. The maximum atomic E-state index is 13.4. The van der Waals surface area contributed by atoms with Crippen LogP contribution in [-0.2, 0) is 16.6 Å². The van der Waals surface area contributed by atoms with Gasteiger partial charge in [-0.2, -0.15) is 5.10 Å². The second-order valence-corrected chi connectivity index (χ2v) is 9.83. The second-order valence-electron chi connectivity index (χ2n) is 8.74. The summed E-state index contributed by atoms with van der Waals surface area (Å²) in [6.45, 7) is 3.90. The standard InChI is InChI=1S/C27H32N4O4S/c1-6-17(2)28-22(32)15-31-23(33)16-36-26(19-12-13-20(34-4)21(14-19)35-5)24-25(29-30(3)27(24)31)18-10-8-7-9-11-18/h7-14,17,26H,6,15-16H2,1-5H3,(H,28,32)/t17-,26-/m1/s1. The Bertz CT molecular complexity index is 1240. The summed E-state index contributed by atoms with van der Waals surface area (Å²) in [4.78, 5) is 27.8. The number of thioether (sulfide) groups is 1. The third-order valence-electron chi connectivity index (χ3n) is 6.32. The molecule has 36 heavy (non-hydrogen) atoms. The Morgan fingerprint density at radius 3 is 2.56 bits per heavy atom. The van der Waals surface area contributed by atoms with Crippen LogP contribution in [0.2, 0.25) is 0 Å². The van der Waals surface area contributed by atoms with Crippen molar-refractivity contribution in [2.45, 2.75) is 31.6 Å². The van der Waals surface area contributed by atoms with Gasteiger partial charge in [0, 0.05) is 24.2 Å². The number of amides is 2. The number of nitrogens with one attached hydrogen (secondary N) is 1. The van der Waals surface area contributed by atoms with Crippen LogP contribution in [0.15, 0.2) is 48.5 Å². The number of ether oxygens (including phenoxy) is 2. The van der Waals surface area contributed by atoms with Crippen LogP contribution in [0.25, 0.3) is 11.3 Å². The highest BCUT2D eigenvalue weighted by atomic mass is 32.2. The van der Waals surface area contributed by atoms with Gasteiger partial charge in [-0.1, -0.05) is 43.3 Å². The molecule has 1 aliphatic heterocycles. The molecule has 1 aromatic heterocycles. The van der Waals surface area contributed by atoms with Crippen LogP contribution in [0, 0.1) is 0 Å². The molecule has 0 saturated carbocycles. The topological polar surface area (TPSA) is 85.7 Å². The Morgan fingerprint density at radius 2 is 1.89 bits per heavy atom. The molecule has 0 bridgehead atoms. The average molecular weight is 509 g/mol. The normalized spacial score (nSPS) is 16.2. The highest BCUT2D eigenvalue weighted by Gasteiger charge is 2.37. The van der Waals surface area contributed by atoms with Gasteiger partial charge in [-0.3, -0.25) is 19.2 Å². The smallest absolute Gasteiger partial charge is 0.240 e. The summed E-state index contributed by atoms with van der Waals surface area (Å²) in [7, 11) is 5.03. The number of rotatable bonds is 8. The maximum Gasteiger partial charge on any atom is 0.240 e. The first-order chi connectivity index (χ1) is 17.4. The Labute approximate surface area is 216 Å². The molecule has 0 aliphatic carbocycles. The van der Waals surface area contributed by atoms with E-state index in [1.807, 2.05) is 69.4 Å². The van der Waals surface area contributed by atoms with Crippen LogP contribution in [0.5, 0.6) is 11.5 Å². The summed E-state index contributed by atoms with van der Waals surface area (Å²) >= 11 is 1.52. The molecule has 190 valence electrons. The molecule has 1 N–H and O–H groups in total. The van der Waals surface area contributed by atoms with Crippen LogP contribution in [-0.4, -0.2) is 54.2 Å². The quantitative estimate of drug-likeness (QED) is 0.491. The third kappa shape index (κ3) is 5.06.